The molecule has 0 heterocycles. The summed E-state index contributed by atoms with van der Waals surface area (Å²) in [6, 6.07) is 12.2. The highest BCUT2D eigenvalue weighted by atomic mass is 16.5. The van der Waals surface area contributed by atoms with Gasteiger partial charge >= 0.3 is 11.8 Å². The summed E-state index contributed by atoms with van der Waals surface area (Å²) in [7, 11) is 6.95. The molecule has 7 heteroatoms. The molecule has 0 spiro atoms. The van der Waals surface area contributed by atoms with E-state index >= 15 is 0 Å². The Morgan fingerprint density at radius 3 is 2.11 bits per heavy atom. The molecule has 0 aliphatic heterocycles. The maximum absolute atomic E-state index is 12.2. The van der Waals surface area contributed by atoms with E-state index in [-0.39, 0.29) is 6.04 Å². The molecule has 0 aromatic heterocycles. The lowest BCUT2D eigenvalue weighted by Gasteiger charge is -2.16. The van der Waals surface area contributed by atoms with Gasteiger partial charge in [-0.05, 0) is 48.9 Å². The van der Waals surface area contributed by atoms with Gasteiger partial charge < -0.3 is 25.0 Å². The predicted molar refractivity (Wildman–Crippen MR) is 106 cm³/mol. The molecule has 7 nitrogen and oxygen atoms in total. The Hall–Kier alpha value is -3.22. The van der Waals surface area contributed by atoms with Gasteiger partial charge in [0.1, 0.15) is 0 Å². The van der Waals surface area contributed by atoms with E-state index in [1.54, 1.807) is 45.4 Å². The van der Waals surface area contributed by atoms with Gasteiger partial charge in [0.2, 0.25) is 0 Å². The van der Waals surface area contributed by atoms with Gasteiger partial charge in [0, 0.05) is 25.5 Å². The second-order valence-electron chi connectivity index (χ2n) is 6.20. The standard InChI is InChI=1S/C20H25N3O4/c1-13(14-6-11-17(26-4)18(12-14)27-5)21-19(24)20(25)22-15-7-9-16(10-8-15)23(2)3/h6-13H,1-5H3,(H,21,24)(H,22,25). The highest BCUT2D eigenvalue weighted by Gasteiger charge is 2.18. The van der Waals surface area contributed by atoms with Crippen LogP contribution in [-0.2, 0) is 9.59 Å². The summed E-state index contributed by atoms with van der Waals surface area (Å²) in [5, 5.41) is 5.27. The average molecular weight is 371 g/mol. The summed E-state index contributed by atoms with van der Waals surface area (Å²) in [6.45, 7) is 1.79. The molecule has 2 aromatic carbocycles. The summed E-state index contributed by atoms with van der Waals surface area (Å²) >= 11 is 0. The number of rotatable bonds is 6. The molecule has 2 rings (SSSR count). The van der Waals surface area contributed by atoms with Crippen molar-refractivity contribution >= 4 is 23.2 Å². The Balaban J connectivity index is 2.00. The average Bonchev–Trinajstić information content (AvgIpc) is 2.67. The van der Waals surface area contributed by atoms with Crippen molar-refractivity contribution < 1.29 is 19.1 Å². The molecule has 1 unspecified atom stereocenters. The molecule has 27 heavy (non-hydrogen) atoms. The SMILES string of the molecule is COc1ccc(C(C)NC(=O)C(=O)Nc2ccc(N(C)C)cc2)cc1OC. The molecule has 0 saturated heterocycles. The smallest absolute Gasteiger partial charge is 0.313 e. The predicted octanol–water partition coefficient (Wildman–Crippen LogP) is 2.59. The molecule has 1 atom stereocenters. The molecule has 0 radical (unpaired) electrons. The monoisotopic (exact) mass is 371 g/mol. The molecule has 0 aliphatic carbocycles. The van der Waals surface area contributed by atoms with Crippen LogP contribution in [0.1, 0.15) is 18.5 Å². The van der Waals surface area contributed by atoms with E-state index in [9.17, 15) is 9.59 Å². The summed E-state index contributed by atoms with van der Waals surface area (Å²) in [5.41, 5.74) is 2.35. The van der Waals surface area contributed by atoms with Crippen molar-refractivity contribution in [1.82, 2.24) is 5.32 Å². The first-order chi connectivity index (χ1) is 12.8. The van der Waals surface area contributed by atoms with E-state index in [2.05, 4.69) is 10.6 Å². The van der Waals surface area contributed by atoms with Crippen LogP contribution in [0.5, 0.6) is 11.5 Å². The van der Waals surface area contributed by atoms with Crippen LogP contribution in [0.2, 0.25) is 0 Å². The van der Waals surface area contributed by atoms with Crippen LogP contribution in [0, 0.1) is 0 Å². The Bertz CT molecular complexity index is 803. The number of benzene rings is 2. The normalized spacial score (nSPS) is 11.3. The van der Waals surface area contributed by atoms with Gasteiger partial charge in [0.25, 0.3) is 0 Å². The third kappa shape index (κ3) is 5.13. The maximum Gasteiger partial charge on any atom is 0.313 e. The van der Waals surface area contributed by atoms with Crippen molar-refractivity contribution in [2.24, 2.45) is 0 Å². The lowest BCUT2D eigenvalue weighted by molar-refractivity contribution is -0.136. The molecule has 2 N–H and O–H groups in total. The van der Waals surface area contributed by atoms with Gasteiger partial charge in [0.05, 0.1) is 20.3 Å². The highest BCUT2D eigenvalue weighted by molar-refractivity contribution is 6.39. The number of carbonyl (C=O) groups excluding carboxylic acids is 2. The third-order valence-electron chi connectivity index (χ3n) is 4.10. The minimum absolute atomic E-state index is 0.376. The van der Waals surface area contributed by atoms with Crippen LogP contribution in [-0.4, -0.2) is 40.1 Å². The Labute approximate surface area is 159 Å². The first-order valence-corrected chi connectivity index (χ1v) is 8.47. The van der Waals surface area contributed by atoms with Crippen molar-refractivity contribution in [3.63, 3.8) is 0 Å². The van der Waals surface area contributed by atoms with Gasteiger partial charge in [-0.1, -0.05) is 6.07 Å². The van der Waals surface area contributed by atoms with Gasteiger partial charge in [-0.15, -0.1) is 0 Å². The summed E-state index contributed by atoms with van der Waals surface area (Å²) in [5.74, 6) is -0.283. The van der Waals surface area contributed by atoms with Crippen molar-refractivity contribution in [1.29, 1.82) is 0 Å². The Morgan fingerprint density at radius 2 is 1.56 bits per heavy atom. The zero-order valence-electron chi connectivity index (χ0n) is 16.2. The zero-order valence-corrected chi connectivity index (χ0v) is 16.2. The van der Waals surface area contributed by atoms with E-state index in [4.69, 9.17) is 9.47 Å². The highest BCUT2D eigenvalue weighted by Crippen LogP contribution is 2.29. The van der Waals surface area contributed by atoms with E-state index in [1.807, 2.05) is 37.2 Å². The molecule has 2 aromatic rings. The number of amides is 2. The van der Waals surface area contributed by atoms with Crippen molar-refractivity contribution in [3.05, 3.63) is 48.0 Å². The second kappa shape index (κ2) is 8.93. The van der Waals surface area contributed by atoms with E-state index in [0.717, 1.165) is 11.3 Å². The minimum Gasteiger partial charge on any atom is -0.493 e. The van der Waals surface area contributed by atoms with E-state index in [1.165, 1.54) is 0 Å². The van der Waals surface area contributed by atoms with Gasteiger partial charge in [0.15, 0.2) is 11.5 Å². The first kappa shape index (κ1) is 20.1. The molecule has 0 aliphatic rings. The fourth-order valence-electron chi connectivity index (χ4n) is 2.50. The summed E-state index contributed by atoms with van der Waals surface area (Å²) in [4.78, 5) is 26.3. The van der Waals surface area contributed by atoms with Crippen LogP contribution in [0.4, 0.5) is 11.4 Å². The summed E-state index contributed by atoms with van der Waals surface area (Å²) < 4.78 is 10.5. The topological polar surface area (TPSA) is 79.9 Å². The number of nitrogens with zero attached hydrogens (tertiary/aromatic N) is 1. The number of nitrogens with one attached hydrogen (secondary N) is 2. The number of ether oxygens (including phenoxy) is 2. The molecule has 2 amide bonds. The van der Waals surface area contributed by atoms with E-state index in [0.29, 0.717) is 17.2 Å². The van der Waals surface area contributed by atoms with Crippen LogP contribution in [0.15, 0.2) is 42.5 Å². The zero-order chi connectivity index (χ0) is 20.0. The van der Waals surface area contributed by atoms with E-state index < -0.39 is 11.8 Å². The Kier molecular flexibility index (Phi) is 6.65. The van der Waals surface area contributed by atoms with Crippen LogP contribution in [0.25, 0.3) is 0 Å². The molecule has 0 fully saturated rings. The largest absolute Gasteiger partial charge is 0.493 e. The number of methoxy groups -OCH3 is 2. The third-order valence-corrected chi connectivity index (χ3v) is 4.10. The molecule has 144 valence electrons. The molecular formula is C20H25N3O4. The first-order valence-electron chi connectivity index (χ1n) is 8.47. The minimum atomic E-state index is -0.722. The van der Waals surface area contributed by atoms with Crippen molar-refractivity contribution in [2.45, 2.75) is 13.0 Å². The second-order valence-corrected chi connectivity index (χ2v) is 6.20. The lowest BCUT2D eigenvalue weighted by atomic mass is 10.1. The summed E-state index contributed by atoms with van der Waals surface area (Å²) in [6.07, 6.45) is 0. The fourth-order valence-corrected chi connectivity index (χ4v) is 2.50. The van der Waals surface area contributed by atoms with Crippen molar-refractivity contribution in [3.8, 4) is 11.5 Å². The maximum atomic E-state index is 12.2. The number of carbonyl (C=O) groups is 2. The quantitative estimate of drug-likeness (QED) is 0.763. The molecule has 0 saturated carbocycles. The molecule has 0 bridgehead atoms. The van der Waals surface area contributed by atoms with Crippen LogP contribution < -0.4 is 25.0 Å². The molecular weight excluding hydrogens is 346 g/mol. The van der Waals surface area contributed by atoms with Crippen molar-refractivity contribution in [2.75, 3.05) is 38.5 Å². The lowest BCUT2D eigenvalue weighted by Crippen LogP contribution is -2.36. The fraction of sp³-hybridized carbons (Fsp3) is 0.300. The van der Waals surface area contributed by atoms with Crippen LogP contribution >= 0.6 is 0 Å². The number of hydrogen-bond donors (Lipinski definition) is 2. The van der Waals surface area contributed by atoms with Gasteiger partial charge in [-0.2, -0.15) is 0 Å². The van der Waals surface area contributed by atoms with Gasteiger partial charge in [-0.25, -0.2) is 0 Å². The van der Waals surface area contributed by atoms with Gasteiger partial charge in [-0.3, -0.25) is 9.59 Å². The number of hydrogen-bond acceptors (Lipinski definition) is 5. The number of anilines is 2. The Morgan fingerprint density at radius 1 is 0.926 bits per heavy atom. The van der Waals surface area contributed by atoms with Crippen LogP contribution in [0.3, 0.4) is 0 Å².